The second-order valence-corrected chi connectivity index (χ2v) is 6.31. The number of anilines is 1. The monoisotopic (exact) mass is 321 g/mol. The van der Waals surface area contributed by atoms with E-state index >= 15 is 0 Å². The molecule has 3 aromatic rings. The van der Waals surface area contributed by atoms with Crippen LogP contribution in [0.1, 0.15) is 16.1 Å². The highest BCUT2D eigenvalue weighted by atomic mass is 16.1. The van der Waals surface area contributed by atoms with Gasteiger partial charge < -0.3 is 10.2 Å². The fourth-order valence-corrected chi connectivity index (χ4v) is 3.24. The zero-order valence-corrected chi connectivity index (χ0v) is 14.0. The van der Waals surface area contributed by atoms with E-state index in [4.69, 9.17) is 0 Å². The van der Waals surface area contributed by atoms with Crippen LogP contribution in [0.3, 0.4) is 0 Å². The van der Waals surface area contributed by atoms with Gasteiger partial charge in [0.25, 0.3) is 0 Å². The van der Waals surface area contributed by atoms with E-state index in [-0.39, 0.29) is 5.78 Å². The van der Waals surface area contributed by atoms with Gasteiger partial charge in [0.05, 0.1) is 11.1 Å². The van der Waals surface area contributed by atoms with Crippen LogP contribution in [-0.2, 0) is 7.05 Å². The van der Waals surface area contributed by atoms with E-state index in [9.17, 15) is 4.79 Å². The fourth-order valence-electron chi connectivity index (χ4n) is 3.24. The highest BCUT2D eigenvalue weighted by Gasteiger charge is 2.31. The lowest BCUT2D eigenvalue weighted by Gasteiger charge is -2.18. The summed E-state index contributed by atoms with van der Waals surface area (Å²) in [4.78, 5) is 19.5. The second kappa shape index (κ2) is 5.42. The Bertz CT molecular complexity index is 957. The molecule has 0 fully saturated rings. The third-order valence-corrected chi connectivity index (χ3v) is 4.40. The van der Waals surface area contributed by atoms with Crippen LogP contribution in [0, 0.1) is 0 Å². The van der Waals surface area contributed by atoms with Crippen molar-refractivity contribution >= 4 is 22.4 Å². The molecular weight excluding hydrogens is 302 g/mol. The topological polar surface area (TPSA) is 63.1 Å². The Kier molecular flexibility index (Phi) is 3.35. The molecule has 0 unspecified atom stereocenters. The van der Waals surface area contributed by atoms with E-state index < -0.39 is 0 Å². The van der Waals surface area contributed by atoms with Crippen LogP contribution in [-0.4, -0.2) is 52.6 Å². The first-order chi connectivity index (χ1) is 11.6. The maximum absolute atomic E-state index is 13.1. The summed E-state index contributed by atoms with van der Waals surface area (Å²) in [6.07, 6.45) is 1.66. The van der Waals surface area contributed by atoms with E-state index in [0.717, 1.165) is 40.9 Å². The summed E-state index contributed by atoms with van der Waals surface area (Å²) >= 11 is 0. The molecule has 2 heterocycles. The highest BCUT2D eigenvalue weighted by molar-refractivity contribution is 6.26. The van der Waals surface area contributed by atoms with E-state index in [2.05, 4.69) is 20.3 Å². The van der Waals surface area contributed by atoms with Crippen molar-refractivity contribution in [1.82, 2.24) is 19.7 Å². The van der Waals surface area contributed by atoms with Gasteiger partial charge in [0.1, 0.15) is 11.4 Å². The molecule has 122 valence electrons. The fraction of sp³-hybridized carbons (Fsp3) is 0.278. The molecule has 0 atom stereocenters. The molecule has 1 aliphatic carbocycles. The largest absolute Gasteiger partial charge is 0.383 e. The third-order valence-electron chi connectivity index (χ3n) is 4.40. The van der Waals surface area contributed by atoms with Gasteiger partial charge in [-0.05, 0) is 38.4 Å². The van der Waals surface area contributed by atoms with E-state index in [1.165, 1.54) is 0 Å². The Morgan fingerprint density at radius 3 is 2.83 bits per heavy atom. The van der Waals surface area contributed by atoms with Crippen molar-refractivity contribution in [2.45, 2.75) is 0 Å². The van der Waals surface area contributed by atoms with Crippen molar-refractivity contribution in [2.75, 3.05) is 32.5 Å². The number of pyridine rings is 1. The van der Waals surface area contributed by atoms with Gasteiger partial charge in [0.15, 0.2) is 0 Å². The summed E-state index contributed by atoms with van der Waals surface area (Å²) in [5.74, 6) is -0.0379. The number of carbonyl (C=O) groups is 1. The molecule has 1 N–H and O–H groups in total. The Morgan fingerprint density at radius 1 is 1.21 bits per heavy atom. The number of fused-ring (bicyclic) bond motifs is 2. The number of aromatic nitrogens is 3. The highest BCUT2D eigenvalue weighted by Crippen LogP contribution is 2.40. The van der Waals surface area contributed by atoms with Gasteiger partial charge in [-0.2, -0.15) is 5.10 Å². The summed E-state index contributed by atoms with van der Waals surface area (Å²) in [7, 11) is 5.96. The van der Waals surface area contributed by atoms with Crippen LogP contribution in [0.25, 0.3) is 22.2 Å². The van der Waals surface area contributed by atoms with Gasteiger partial charge in [-0.1, -0.05) is 0 Å². The van der Waals surface area contributed by atoms with Crippen molar-refractivity contribution in [3.63, 3.8) is 0 Å². The number of nitrogens with one attached hydrogen (secondary N) is 1. The van der Waals surface area contributed by atoms with Crippen LogP contribution in [0.4, 0.5) is 5.69 Å². The predicted molar refractivity (Wildman–Crippen MR) is 94.4 cm³/mol. The molecule has 0 aliphatic heterocycles. The van der Waals surface area contributed by atoms with Crippen molar-refractivity contribution in [2.24, 2.45) is 7.05 Å². The van der Waals surface area contributed by atoms with Crippen molar-refractivity contribution in [3.8, 4) is 11.3 Å². The predicted octanol–water partition coefficient (Wildman–Crippen LogP) is 2.15. The minimum Gasteiger partial charge on any atom is -0.383 e. The standard InChI is InChI=1S/C18H19N5O/c1-22(2)10-9-19-12-6-7-13-15-14(12)18(24)17-11(5-4-8-20-17)16(15)21-23(13)3/h4-8,19H,9-10H2,1-3H3. The number of likely N-dealkylation sites (N-methyl/N-ethyl adjacent to an activating group) is 1. The molecule has 1 aliphatic rings. The first-order valence-corrected chi connectivity index (χ1v) is 7.96. The number of benzene rings is 1. The van der Waals surface area contributed by atoms with Crippen molar-refractivity contribution in [3.05, 3.63) is 41.7 Å². The average molecular weight is 321 g/mol. The van der Waals surface area contributed by atoms with Gasteiger partial charge in [0, 0.05) is 43.0 Å². The van der Waals surface area contributed by atoms with Crippen LogP contribution in [0.5, 0.6) is 0 Å². The van der Waals surface area contributed by atoms with Gasteiger partial charge in [-0.25, -0.2) is 0 Å². The molecule has 1 aromatic carbocycles. The molecule has 24 heavy (non-hydrogen) atoms. The number of ketones is 1. The van der Waals surface area contributed by atoms with E-state index in [1.54, 1.807) is 6.20 Å². The molecule has 0 bridgehead atoms. The van der Waals surface area contributed by atoms with Gasteiger partial charge in [-0.3, -0.25) is 14.5 Å². The van der Waals surface area contributed by atoms with Gasteiger partial charge in [-0.15, -0.1) is 0 Å². The van der Waals surface area contributed by atoms with Crippen LogP contribution >= 0.6 is 0 Å². The Labute approximate surface area is 140 Å². The van der Waals surface area contributed by atoms with Crippen molar-refractivity contribution in [1.29, 1.82) is 0 Å². The maximum atomic E-state index is 13.1. The summed E-state index contributed by atoms with van der Waals surface area (Å²) in [5, 5.41) is 8.94. The number of carbonyl (C=O) groups excluding carboxylic acids is 1. The second-order valence-electron chi connectivity index (χ2n) is 6.31. The quantitative estimate of drug-likeness (QED) is 0.624. The molecule has 6 heteroatoms. The minimum absolute atomic E-state index is 0.0379. The third kappa shape index (κ3) is 2.11. The van der Waals surface area contributed by atoms with E-state index in [1.807, 2.05) is 50.1 Å². The first-order valence-electron chi connectivity index (χ1n) is 7.96. The van der Waals surface area contributed by atoms with Gasteiger partial charge >= 0.3 is 0 Å². The SMILES string of the molecule is CN(C)CCNc1ccc2c3c(nn2C)-c2cccnc2C(=O)c13. The first kappa shape index (κ1) is 14.8. The molecule has 0 radical (unpaired) electrons. The normalized spacial score (nSPS) is 12.8. The summed E-state index contributed by atoms with van der Waals surface area (Å²) in [6, 6.07) is 7.74. The molecule has 0 amide bonds. The Balaban J connectivity index is 1.92. The lowest BCUT2D eigenvalue weighted by atomic mass is 9.89. The number of hydrogen-bond donors (Lipinski definition) is 1. The number of hydrogen-bond acceptors (Lipinski definition) is 5. The van der Waals surface area contributed by atoms with Crippen molar-refractivity contribution < 1.29 is 4.79 Å². The summed E-state index contributed by atoms with van der Waals surface area (Å²) in [5.41, 5.74) is 4.61. The molecular formula is C18H19N5O. The average Bonchev–Trinajstić information content (AvgIpc) is 2.90. The van der Waals surface area contributed by atoms with Crippen LogP contribution in [0.15, 0.2) is 30.5 Å². The molecule has 0 spiro atoms. The van der Waals surface area contributed by atoms with Crippen LogP contribution < -0.4 is 5.32 Å². The molecule has 0 saturated carbocycles. The minimum atomic E-state index is -0.0379. The van der Waals surface area contributed by atoms with E-state index in [0.29, 0.717) is 11.3 Å². The number of nitrogens with zero attached hydrogens (tertiary/aromatic N) is 4. The zero-order valence-electron chi connectivity index (χ0n) is 14.0. The molecule has 0 saturated heterocycles. The summed E-state index contributed by atoms with van der Waals surface area (Å²) < 4.78 is 1.83. The Morgan fingerprint density at radius 2 is 2.04 bits per heavy atom. The molecule has 6 nitrogen and oxygen atoms in total. The summed E-state index contributed by atoms with van der Waals surface area (Å²) in [6.45, 7) is 1.66. The Hall–Kier alpha value is -2.73. The lowest BCUT2D eigenvalue weighted by Crippen LogP contribution is -2.22. The molecule has 4 rings (SSSR count). The molecule has 2 aromatic heterocycles. The number of rotatable bonds is 4. The number of aryl methyl sites for hydroxylation is 1. The lowest BCUT2D eigenvalue weighted by molar-refractivity contribution is 0.103. The van der Waals surface area contributed by atoms with Gasteiger partial charge in [0.2, 0.25) is 5.78 Å². The van der Waals surface area contributed by atoms with Crippen LogP contribution in [0.2, 0.25) is 0 Å². The zero-order chi connectivity index (χ0) is 16.8. The smallest absolute Gasteiger partial charge is 0.214 e. The maximum Gasteiger partial charge on any atom is 0.214 e.